The number of nitriles is 1. The molecular weight excluding hydrogens is 170 g/mol. The van der Waals surface area contributed by atoms with E-state index in [1.165, 1.54) is 0 Å². The van der Waals surface area contributed by atoms with Crippen molar-refractivity contribution in [2.24, 2.45) is 11.5 Å². The molecule has 1 aromatic rings. The Hall–Kier alpha value is -0.890. The summed E-state index contributed by atoms with van der Waals surface area (Å²) in [6.07, 6.45) is 0.460. The van der Waals surface area contributed by atoms with E-state index >= 15 is 0 Å². The largest absolute Gasteiger partial charge is 0.329 e. The van der Waals surface area contributed by atoms with Gasteiger partial charge in [0.25, 0.3) is 0 Å². The van der Waals surface area contributed by atoms with Crippen LogP contribution in [0.25, 0.3) is 0 Å². The van der Waals surface area contributed by atoms with E-state index in [0.717, 1.165) is 10.4 Å². The fourth-order valence-electron chi connectivity index (χ4n) is 0.899. The van der Waals surface area contributed by atoms with Crippen LogP contribution in [0.1, 0.15) is 16.5 Å². The summed E-state index contributed by atoms with van der Waals surface area (Å²) in [5.41, 5.74) is 12.1. The molecule has 12 heavy (non-hydrogen) atoms. The lowest BCUT2D eigenvalue weighted by atomic mass is 10.1. The highest BCUT2D eigenvalue weighted by molar-refractivity contribution is 7.10. The van der Waals surface area contributed by atoms with Crippen LogP contribution >= 0.6 is 11.3 Å². The van der Waals surface area contributed by atoms with E-state index in [-0.39, 0.29) is 6.04 Å². The van der Waals surface area contributed by atoms with Crippen molar-refractivity contribution in [3.63, 3.8) is 0 Å². The summed E-state index contributed by atoms with van der Waals surface area (Å²) in [4.78, 5) is 1.05. The standard InChI is InChI=1S/C8H11N3S/c9-2-1-7-3-6(5-12-7)8(11)4-10/h3,5,8H,1,4,10-11H2. The zero-order valence-electron chi connectivity index (χ0n) is 6.66. The first-order valence-electron chi connectivity index (χ1n) is 3.68. The average molecular weight is 181 g/mol. The van der Waals surface area contributed by atoms with Crippen LogP contribution in [0, 0.1) is 11.3 Å². The minimum absolute atomic E-state index is 0.0892. The lowest BCUT2D eigenvalue weighted by molar-refractivity contribution is 0.740. The second kappa shape index (κ2) is 4.21. The Morgan fingerprint density at radius 1 is 1.67 bits per heavy atom. The van der Waals surface area contributed by atoms with Gasteiger partial charge in [0.05, 0.1) is 12.5 Å². The Labute approximate surface area is 75.6 Å². The van der Waals surface area contributed by atoms with Crippen molar-refractivity contribution in [1.29, 1.82) is 5.26 Å². The lowest BCUT2D eigenvalue weighted by Gasteiger charge is -2.03. The molecule has 0 bridgehead atoms. The van der Waals surface area contributed by atoms with Crippen molar-refractivity contribution in [3.05, 3.63) is 21.9 Å². The smallest absolute Gasteiger partial charge is 0.0695 e. The average Bonchev–Trinajstić information content (AvgIpc) is 2.52. The van der Waals surface area contributed by atoms with Gasteiger partial charge in [0.1, 0.15) is 0 Å². The number of hydrogen-bond acceptors (Lipinski definition) is 4. The van der Waals surface area contributed by atoms with Crippen molar-refractivity contribution in [3.8, 4) is 6.07 Å². The topological polar surface area (TPSA) is 75.8 Å². The Morgan fingerprint density at radius 3 is 3.00 bits per heavy atom. The maximum atomic E-state index is 8.43. The van der Waals surface area contributed by atoms with Gasteiger partial charge in [-0.3, -0.25) is 0 Å². The fraction of sp³-hybridized carbons (Fsp3) is 0.375. The molecule has 0 saturated carbocycles. The molecule has 0 aromatic carbocycles. The first-order chi connectivity index (χ1) is 5.77. The van der Waals surface area contributed by atoms with Crippen LogP contribution in [-0.4, -0.2) is 6.54 Å². The van der Waals surface area contributed by atoms with Crippen molar-refractivity contribution in [1.82, 2.24) is 0 Å². The van der Waals surface area contributed by atoms with E-state index in [1.807, 2.05) is 11.4 Å². The minimum atomic E-state index is -0.0892. The molecule has 0 fully saturated rings. The van der Waals surface area contributed by atoms with E-state index in [9.17, 15) is 0 Å². The molecule has 64 valence electrons. The number of nitrogens with zero attached hydrogens (tertiary/aromatic N) is 1. The van der Waals surface area contributed by atoms with E-state index in [4.69, 9.17) is 16.7 Å². The first-order valence-corrected chi connectivity index (χ1v) is 4.55. The fourth-order valence-corrected chi connectivity index (χ4v) is 1.78. The molecule has 1 atom stereocenters. The molecule has 4 heteroatoms. The van der Waals surface area contributed by atoms with Crippen LogP contribution in [0.4, 0.5) is 0 Å². The van der Waals surface area contributed by atoms with Crippen LogP contribution in [0.2, 0.25) is 0 Å². The molecule has 0 amide bonds. The zero-order valence-corrected chi connectivity index (χ0v) is 7.47. The van der Waals surface area contributed by atoms with Gasteiger partial charge in [0, 0.05) is 17.5 Å². The Morgan fingerprint density at radius 2 is 2.42 bits per heavy atom. The molecule has 0 aliphatic rings. The Kier molecular flexibility index (Phi) is 3.23. The summed E-state index contributed by atoms with van der Waals surface area (Å²) in [6.45, 7) is 0.447. The SMILES string of the molecule is N#CCc1cc(C(N)CN)cs1. The predicted molar refractivity (Wildman–Crippen MR) is 49.6 cm³/mol. The van der Waals surface area contributed by atoms with Gasteiger partial charge in [0.15, 0.2) is 0 Å². The van der Waals surface area contributed by atoms with Crippen LogP contribution < -0.4 is 11.5 Å². The molecule has 0 aliphatic carbocycles. The Balaban J connectivity index is 2.71. The molecule has 1 heterocycles. The third-order valence-electron chi connectivity index (χ3n) is 1.61. The van der Waals surface area contributed by atoms with Crippen molar-refractivity contribution in [2.45, 2.75) is 12.5 Å². The molecule has 3 nitrogen and oxygen atoms in total. The number of thiophene rings is 1. The van der Waals surface area contributed by atoms with Crippen molar-refractivity contribution in [2.75, 3.05) is 6.54 Å². The van der Waals surface area contributed by atoms with Crippen LogP contribution in [0.3, 0.4) is 0 Å². The minimum Gasteiger partial charge on any atom is -0.329 e. The molecule has 1 unspecified atom stereocenters. The summed E-state index contributed by atoms with van der Waals surface area (Å²) < 4.78 is 0. The second-order valence-electron chi connectivity index (χ2n) is 2.52. The lowest BCUT2D eigenvalue weighted by Crippen LogP contribution is -2.19. The highest BCUT2D eigenvalue weighted by Gasteiger charge is 2.05. The maximum Gasteiger partial charge on any atom is 0.0695 e. The molecule has 0 radical (unpaired) electrons. The van der Waals surface area contributed by atoms with Crippen LogP contribution in [0.15, 0.2) is 11.4 Å². The summed E-state index contributed by atoms with van der Waals surface area (Å²) in [6, 6.07) is 3.95. The molecular formula is C8H11N3S. The highest BCUT2D eigenvalue weighted by atomic mass is 32.1. The molecule has 0 spiro atoms. The molecule has 1 aromatic heterocycles. The summed E-state index contributed by atoms with van der Waals surface area (Å²) >= 11 is 1.56. The third-order valence-corrected chi connectivity index (χ3v) is 2.56. The third kappa shape index (κ3) is 2.05. The summed E-state index contributed by atoms with van der Waals surface area (Å²) in [5.74, 6) is 0. The van der Waals surface area contributed by atoms with E-state index in [0.29, 0.717) is 13.0 Å². The second-order valence-corrected chi connectivity index (χ2v) is 3.52. The van der Waals surface area contributed by atoms with Crippen LogP contribution in [-0.2, 0) is 6.42 Å². The highest BCUT2D eigenvalue weighted by Crippen LogP contribution is 2.19. The quantitative estimate of drug-likeness (QED) is 0.723. The monoisotopic (exact) mass is 181 g/mol. The molecule has 0 saturated heterocycles. The van der Waals surface area contributed by atoms with E-state index < -0.39 is 0 Å². The Bertz CT molecular complexity index is 287. The van der Waals surface area contributed by atoms with E-state index in [2.05, 4.69) is 6.07 Å². The predicted octanol–water partition coefficient (Wildman–Crippen LogP) is 0.773. The first kappa shape index (κ1) is 9.20. The van der Waals surface area contributed by atoms with Crippen LogP contribution in [0.5, 0.6) is 0 Å². The molecule has 1 rings (SSSR count). The molecule has 0 aliphatic heterocycles. The van der Waals surface area contributed by atoms with Crippen molar-refractivity contribution >= 4 is 11.3 Å². The summed E-state index contributed by atoms with van der Waals surface area (Å²) in [7, 11) is 0. The number of rotatable bonds is 3. The normalized spacial score (nSPS) is 12.4. The number of nitrogens with two attached hydrogens (primary N) is 2. The van der Waals surface area contributed by atoms with E-state index in [1.54, 1.807) is 11.3 Å². The van der Waals surface area contributed by atoms with Gasteiger partial charge >= 0.3 is 0 Å². The van der Waals surface area contributed by atoms with Gasteiger partial charge in [-0.05, 0) is 17.0 Å². The van der Waals surface area contributed by atoms with Gasteiger partial charge < -0.3 is 11.5 Å². The van der Waals surface area contributed by atoms with Gasteiger partial charge in [-0.1, -0.05) is 0 Å². The zero-order chi connectivity index (χ0) is 8.97. The molecule has 4 N–H and O–H groups in total. The van der Waals surface area contributed by atoms with Gasteiger partial charge in [0.2, 0.25) is 0 Å². The van der Waals surface area contributed by atoms with Gasteiger partial charge in [-0.25, -0.2) is 0 Å². The maximum absolute atomic E-state index is 8.43. The van der Waals surface area contributed by atoms with Gasteiger partial charge in [-0.2, -0.15) is 5.26 Å². The summed E-state index contributed by atoms with van der Waals surface area (Å²) in [5, 5.41) is 10.4. The number of hydrogen-bond donors (Lipinski definition) is 2. The van der Waals surface area contributed by atoms with Gasteiger partial charge in [-0.15, -0.1) is 11.3 Å². The van der Waals surface area contributed by atoms with Crippen molar-refractivity contribution < 1.29 is 0 Å².